The minimum absolute atomic E-state index is 0.527. The van der Waals surface area contributed by atoms with Gasteiger partial charge in [-0.25, -0.2) is 0 Å². The van der Waals surface area contributed by atoms with Crippen LogP contribution in [-0.2, 0) is 20.9 Å². The Bertz CT molecular complexity index is 381. The summed E-state index contributed by atoms with van der Waals surface area (Å²) >= 11 is 5.12. The molecule has 0 aromatic carbocycles. The quantitative estimate of drug-likeness (QED) is 0.111. The van der Waals surface area contributed by atoms with Gasteiger partial charge in [0.2, 0.25) is 0 Å². The largest absolute Gasteiger partial charge is 0.324 e. The topological polar surface area (TPSA) is 38.7 Å². The molecule has 0 fully saturated rings. The molecule has 0 aliphatic carbocycles. The van der Waals surface area contributed by atoms with E-state index in [9.17, 15) is 4.89 Å². The highest BCUT2D eigenvalue weighted by Gasteiger charge is 2.14. The highest BCUT2D eigenvalue weighted by molar-refractivity contribution is 8.07. The van der Waals surface area contributed by atoms with Gasteiger partial charge in [-0.2, -0.15) is 0 Å². The van der Waals surface area contributed by atoms with Gasteiger partial charge in [0.1, 0.15) is 0 Å². The summed E-state index contributed by atoms with van der Waals surface area (Å²) in [6.45, 7) is 7.24. The maximum Gasteiger partial charge on any atom is 0.324 e. The molecular formula is C26H55O3PS. The van der Waals surface area contributed by atoms with Crippen molar-refractivity contribution in [3.8, 4) is 0 Å². The van der Waals surface area contributed by atoms with Crippen molar-refractivity contribution in [3.63, 3.8) is 0 Å². The maximum absolute atomic E-state index is 10.1. The summed E-state index contributed by atoms with van der Waals surface area (Å²) in [7, 11) is 0. The number of hydrogen-bond donors (Lipinski definition) is 1. The maximum atomic E-state index is 10.1. The molecule has 3 nitrogen and oxygen atoms in total. The van der Waals surface area contributed by atoms with Gasteiger partial charge < -0.3 is 13.9 Å². The molecule has 5 heteroatoms. The summed E-state index contributed by atoms with van der Waals surface area (Å²) in [5.41, 5.74) is 0. The van der Waals surface area contributed by atoms with E-state index in [1.165, 1.54) is 89.9 Å². The Morgan fingerprint density at radius 2 is 0.774 bits per heavy atom. The third-order valence-electron chi connectivity index (χ3n) is 5.86. The summed E-state index contributed by atoms with van der Waals surface area (Å²) in [4.78, 5) is 10.1. The van der Waals surface area contributed by atoms with E-state index in [0.717, 1.165) is 37.5 Å². The first-order chi connectivity index (χ1) is 14.8. The fraction of sp³-hybridized carbons (Fsp3) is 1.00. The molecule has 0 atom stereocenters. The Kier molecular flexibility index (Phi) is 22.7. The minimum Gasteiger partial charge on any atom is -0.324 e. The standard InChI is InChI=1S/C26H55O3PS/c1-25(2)21-17-13-9-5-7-11-15-19-23-28-30(27,31)29-24-20-16-12-8-6-10-14-18-22-26(3)4/h25-26H,5-24H2,1-4H3,(H,27,31). The Morgan fingerprint density at radius 3 is 1.06 bits per heavy atom. The summed E-state index contributed by atoms with van der Waals surface area (Å²) in [5.74, 6) is 1.68. The van der Waals surface area contributed by atoms with Crippen LogP contribution in [0.2, 0.25) is 0 Å². The van der Waals surface area contributed by atoms with Gasteiger partial charge in [-0.15, -0.1) is 0 Å². The van der Waals surface area contributed by atoms with Crippen LogP contribution in [0, 0.1) is 11.8 Å². The van der Waals surface area contributed by atoms with E-state index in [2.05, 4.69) is 27.7 Å². The van der Waals surface area contributed by atoms with E-state index in [0.29, 0.717) is 13.2 Å². The van der Waals surface area contributed by atoms with Crippen LogP contribution in [0.4, 0.5) is 0 Å². The van der Waals surface area contributed by atoms with E-state index in [1.54, 1.807) is 0 Å². The molecule has 0 unspecified atom stereocenters. The zero-order valence-corrected chi connectivity index (χ0v) is 23.1. The lowest BCUT2D eigenvalue weighted by atomic mass is 10.0. The molecule has 0 aromatic heterocycles. The second-order valence-electron chi connectivity index (χ2n) is 10.2. The average Bonchev–Trinajstić information content (AvgIpc) is 2.69. The van der Waals surface area contributed by atoms with Crippen LogP contribution in [-0.4, -0.2) is 18.1 Å². The Hall–Kier alpha value is 0.530. The van der Waals surface area contributed by atoms with Crippen molar-refractivity contribution in [1.82, 2.24) is 0 Å². The molecule has 0 aliphatic heterocycles. The van der Waals surface area contributed by atoms with E-state index in [4.69, 9.17) is 20.9 Å². The molecular weight excluding hydrogens is 423 g/mol. The molecule has 0 spiro atoms. The predicted molar refractivity (Wildman–Crippen MR) is 141 cm³/mol. The van der Waals surface area contributed by atoms with Gasteiger partial charge in [-0.1, -0.05) is 130 Å². The fourth-order valence-corrected chi connectivity index (χ4v) is 5.07. The molecule has 31 heavy (non-hydrogen) atoms. The Morgan fingerprint density at radius 1 is 0.516 bits per heavy atom. The van der Waals surface area contributed by atoms with Crippen LogP contribution in [0.1, 0.15) is 143 Å². The summed E-state index contributed by atoms with van der Waals surface area (Å²) in [6, 6.07) is 0. The molecule has 0 radical (unpaired) electrons. The molecule has 0 aliphatic rings. The Labute approximate surface area is 200 Å². The number of rotatable bonds is 24. The molecule has 0 bridgehead atoms. The van der Waals surface area contributed by atoms with Gasteiger partial charge in [-0.3, -0.25) is 0 Å². The van der Waals surface area contributed by atoms with Gasteiger partial charge in [-0.05, 0) is 36.5 Å². The van der Waals surface area contributed by atoms with Crippen molar-refractivity contribution >= 4 is 18.5 Å². The summed E-state index contributed by atoms with van der Waals surface area (Å²) in [6.07, 6.45) is 23.0. The minimum atomic E-state index is -3.02. The lowest BCUT2D eigenvalue weighted by Gasteiger charge is -2.15. The fourth-order valence-electron chi connectivity index (χ4n) is 3.83. The highest BCUT2D eigenvalue weighted by Crippen LogP contribution is 2.44. The lowest BCUT2D eigenvalue weighted by Crippen LogP contribution is -1.99. The lowest BCUT2D eigenvalue weighted by molar-refractivity contribution is 0.190. The first-order valence-electron chi connectivity index (χ1n) is 13.5. The normalized spacial score (nSPS) is 12.4. The van der Waals surface area contributed by atoms with Gasteiger partial charge in [0, 0.05) is 0 Å². The summed E-state index contributed by atoms with van der Waals surface area (Å²) in [5, 5.41) is 0. The summed E-state index contributed by atoms with van der Waals surface area (Å²) < 4.78 is 10.9. The van der Waals surface area contributed by atoms with Crippen molar-refractivity contribution in [2.45, 2.75) is 143 Å². The molecule has 0 aromatic rings. The van der Waals surface area contributed by atoms with Crippen LogP contribution in [0.3, 0.4) is 0 Å². The van der Waals surface area contributed by atoms with Crippen molar-refractivity contribution in [2.24, 2.45) is 11.8 Å². The second-order valence-corrected chi connectivity index (χ2v) is 13.0. The molecule has 188 valence electrons. The SMILES string of the molecule is CC(C)CCCCCCCCCCOP(O)(=S)OCCCCCCCCCCC(C)C. The van der Waals surface area contributed by atoms with Crippen LogP contribution >= 0.6 is 6.72 Å². The van der Waals surface area contributed by atoms with Crippen LogP contribution in [0.15, 0.2) is 0 Å². The van der Waals surface area contributed by atoms with E-state index in [-0.39, 0.29) is 0 Å². The van der Waals surface area contributed by atoms with E-state index < -0.39 is 6.72 Å². The third-order valence-corrected chi connectivity index (χ3v) is 7.51. The highest BCUT2D eigenvalue weighted by atomic mass is 32.5. The molecule has 0 saturated carbocycles. The van der Waals surface area contributed by atoms with E-state index in [1.807, 2.05) is 0 Å². The van der Waals surface area contributed by atoms with Crippen LogP contribution in [0.25, 0.3) is 0 Å². The van der Waals surface area contributed by atoms with Gasteiger partial charge in [0.05, 0.1) is 13.2 Å². The molecule has 0 amide bonds. The molecule has 1 N–H and O–H groups in total. The third kappa shape index (κ3) is 26.7. The second kappa shape index (κ2) is 22.3. The number of unbranched alkanes of at least 4 members (excludes halogenated alkanes) is 14. The molecule has 0 heterocycles. The number of hydrogen-bond acceptors (Lipinski definition) is 3. The van der Waals surface area contributed by atoms with Gasteiger partial charge in [0.15, 0.2) is 0 Å². The monoisotopic (exact) mass is 478 g/mol. The van der Waals surface area contributed by atoms with Crippen molar-refractivity contribution in [3.05, 3.63) is 0 Å². The van der Waals surface area contributed by atoms with Crippen LogP contribution in [0.5, 0.6) is 0 Å². The smallest absolute Gasteiger partial charge is 0.324 e. The Balaban J connectivity index is 3.34. The van der Waals surface area contributed by atoms with Crippen LogP contribution < -0.4 is 0 Å². The average molecular weight is 479 g/mol. The van der Waals surface area contributed by atoms with Gasteiger partial charge in [0.25, 0.3) is 0 Å². The first-order valence-corrected chi connectivity index (χ1v) is 16.0. The van der Waals surface area contributed by atoms with Crippen molar-refractivity contribution in [2.75, 3.05) is 13.2 Å². The zero-order valence-electron chi connectivity index (χ0n) is 21.4. The predicted octanol–water partition coefficient (Wildman–Crippen LogP) is 9.57. The van der Waals surface area contributed by atoms with Crippen molar-refractivity contribution < 1.29 is 13.9 Å². The zero-order chi connectivity index (χ0) is 23.2. The van der Waals surface area contributed by atoms with E-state index >= 15 is 0 Å². The van der Waals surface area contributed by atoms with Gasteiger partial charge >= 0.3 is 6.72 Å². The molecule has 0 saturated heterocycles. The molecule has 0 rings (SSSR count). The first kappa shape index (κ1) is 31.5. The van der Waals surface area contributed by atoms with Crippen molar-refractivity contribution in [1.29, 1.82) is 0 Å².